The van der Waals surface area contributed by atoms with Gasteiger partial charge in [-0.05, 0) is 75.3 Å². The van der Waals surface area contributed by atoms with Gasteiger partial charge in [0.2, 0.25) is 0 Å². The summed E-state index contributed by atoms with van der Waals surface area (Å²) in [5.41, 5.74) is 5.11. The van der Waals surface area contributed by atoms with Crippen molar-refractivity contribution in [1.29, 1.82) is 0 Å². The Morgan fingerprint density at radius 1 is 1.15 bits per heavy atom. The molecular formula is C24H29ClO2. The number of esters is 1. The van der Waals surface area contributed by atoms with Gasteiger partial charge in [-0.15, -0.1) is 0 Å². The third-order valence-corrected chi connectivity index (χ3v) is 5.22. The number of ether oxygens (including phenoxy) is 1. The molecule has 144 valence electrons. The van der Waals surface area contributed by atoms with Crippen LogP contribution in [-0.2, 0) is 16.0 Å². The van der Waals surface area contributed by atoms with E-state index in [2.05, 4.69) is 31.7 Å². The number of halogens is 1. The molecule has 0 fully saturated rings. The van der Waals surface area contributed by atoms with Gasteiger partial charge in [0, 0.05) is 5.02 Å². The van der Waals surface area contributed by atoms with Gasteiger partial charge in [0.1, 0.15) is 0 Å². The van der Waals surface area contributed by atoms with Crippen molar-refractivity contribution >= 4 is 17.6 Å². The van der Waals surface area contributed by atoms with Crippen molar-refractivity contribution in [3.8, 4) is 11.1 Å². The Morgan fingerprint density at radius 3 is 2.41 bits per heavy atom. The monoisotopic (exact) mass is 384 g/mol. The minimum absolute atomic E-state index is 0.153. The molecule has 3 heteroatoms. The summed E-state index contributed by atoms with van der Waals surface area (Å²) in [6.07, 6.45) is 2.20. The fourth-order valence-corrected chi connectivity index (χ4v) is 3.38. The molecule has 0 aliphatic heterocycles. The highest BCUT2D eigenvalue weighted by Gasteiger charge is 2.28. The lowest BCUT2D eigenvalue weighted by Crippen LogP contribution is -2.26. The molecule has 27 heavy (non-hydrogen) atoms. The van der Waals surface area contributed by atoms with Gasteiger partial charge >= 0.3 is 5.97 Å². The van der Waals surface area contributed by atoms with Crippen LogP contribution in [0.4, 0.5) is 0 Å². The average Bonchev–Trinajstić information content (AvgIpc) is 2.64. The Bertz CT molecular complexity index is 783. The maximum absolute atomic E-state index is 12.0. The van der Waals surface area contributed by atoms with Crippen molar-refractivity contribution in [2.45, 2.75) is 47.0 Å². The highest BCUT2D eigenvalue weighted by molar-refractivity contribution is 6.31. The Hall–Kier alpha value is -2.06. The summed E-state index contributed by atoms with van der Waals surface area (Å²) in [5, 5.41) is 0.764. The zero-order valence-corrected chi connectivity index (χ0v) is 17.5. The fraction of sp³-hybridized carbons (Fsp3) is 0.375. The van der Waals surface area contributed by atoms with Crippen molar-refractivity contribution in [3.63, 3.8) is 0 Å². The first-order valence-electron chi connectivity index (χ1n) is 9.43. The lowest BCUT2D eigenvalue weighted by atomic mass is 9.85. The minimum Gasteiger partial charge on any atom is -0.466 e. The molecule has 2 aromatic rings. The standard InChI is InChI=1S/C24H29ClO2/c1-6-27-23(26)24(4,5)13-12-17(2)14-21-18(3)15-20(16-22(21)25)19-10-8-7-9-11-19/h7-11,15-16H,2,6,12-14H2,1,3-5H3. The summed E-state index contributed by atoms with van der Waals surface area (Å²) in [6.45, 7) is 12.4. The molecule has 0 heterocycles. The Labute approximate surface area is 168 Å². The molecule has 0 spiro atoms. The summed E-state index contributed by atoms with van der Waals surface area (Å²) in [4.78, 5) is 12.0. The van der Waals surface area contributed by atoms with Crippen molar-refractivity contribution in [3.05, 3.63) is 70.8 Å². The number of hydrogen-bond acceptors (Lipinski definition) is 2. The molecule has 0 aliphatic rings. The third kappa shape index (κ3) is 5.71. The van der Waals surface area contributed by atoms with Crippen molar-refractivity contribution in [2.75, 3.05) is 6.61 Å². The zero-order chi connectivity index (χ0) is 20.0. The largest absolute Gasteiger partial charge is 0.466 e. The van der Waals surface area contributed by atoms with Gasteiger partial charge in [0.15, 0.2) is 0 Å². The number of carbonyl (C=O) groups excluding carboxylic acids is 1. The SMILES string of the molecule is C=C(CCC(C)(C)C(=O)OCC)Cc1c(C)cc(-c2ccccc2)cc1Cl. The summed E-state index contributed by atoms with van der Waals surface area (Å²) in [6, 6.07) is 14.4. The highest BCUT2D eigenvalue weighted by atomic mass is 35.5. The maximum Gasteiger partial charge on any atom is 0.311 e. The molecule has 0 unspecified atom stereocenters. The van der Waals surface area contributed by atoms with Crippen LogP contribution in [0, 0.1) is 12.3 Å². The van der Waals surface area contributed by atoms with E-state index in [0.717, 1.165) is 45.7 Å². The van der Waals surface area contributed by atoms with E-state index in [-0.39, 0.29) is 5.97 Å². The second-order valence-corrected chi connectivity index (χ2v) is 8.06. The Kier molecular flexibility index (Phi) is 7.26. The number of carbonyl (C=O) groups is 1. The lowest BCUT2D eigenvalue weighted by molar-refractivity contribution is -0.153. The van der Waals surface area contributed by atoms with Gasteiger partial charge in [-0.3, -0.25) is 4.79 Å². The van der Waals surface area contributed by atoms with E-state index in [1.807, 2.05) is 45.0 Å². The van der Waals surface area contributed by atoms with E-state index in [1.54, 1.807) is 0 Å². The first-order chi connectivity index (χ1) is 12.7. The summed E-state index contributed by atoms with van der Waals surface area (Å²) in [5.74, 6) is -0.153. The van der Waals surface area contributed by atoms with Crippen LogP contribution in [0.15, 0.2) is 54.6 Å². The van der Waals surface area contributed by atoms with E-state index in [0.29, 0.717) is 13.0 Å². The van der Waals surface area contributed by atoms with Crippen molar-refractivity contribution < 1.29 is 9.53 Å². The lowest BCUT2D eigenvalue weighted by Gasteiger charge is -2.23. The van der Waals surface area contributed by atoms with Gasteiger partial charge in [-0.2, -0.15) is 0 Å². The second kappa shape index (κ2) is 9.23. The van der Waals surface area contributed by atoms with Crippen molar-refractivity contribution in [1.82, 2.24) is 0 Å². The topological polar surface area (TPSA) is 26.3 Å². The predicted octanol–water partition coefficient (Wildman–Crippen LogP) is 6.78. The number of rotatable bonds is 8. The van der Waals surface area contributed by atoms with E-state index >= 15 is 0 Å². The zero-order valence-electron chi connectivity index (χ0n) is 16.8. The quantitative estimate of drug-likeness (QED) is 0.370. The molecule has 0 saturated carbocycles. The van der Waals surface area contributed by atoms with E-state index in [4.69, 9.17) is 16.3 Å². The van der Waals surface area contributed by atoms with E-state index < -0.39 is 5.41 Å². The number of aryl methyl sites for hydroxylation is 1. The van der Waals surface area contributed by atoms with E-state index in [9.17, 15) is 4.79 Å². The minimum atomic E-state index is -0.505. The van der Waals surface area contributed by atoms with Gasteiger partial charge in [-0.1, -0.05) is 60.2 Å². The van der Waals surface area contributed by atoms with Crippen LogP contribution >= 0.6 is 11.6 Å². The normalized spacial score (nSPS) is 11.3. The molecule has 0 N–H and O–H groups in total. The number of allylic oxidation sites excluding steroid dienone is 1. The smallest absolute Gasteiger partial charge is 0.311 e. The maximum atomic E-state index is 12.0. The van der Waals surface area contributed by atoms with Gasteiger partial charge in [-0.25, -0.2) is 0 Å². The molecule has 2 nitrogen and oxygen atoms in total. The van der Waals surface area contributed by atoms with Crippen LogP contribution in [0.25, 0.3) is 11.1 Å². The molecule has 0 amide bonds. The van der Waals surface area contributed by atoms with Gasteiger partial charge < -0.3 is 4.74 Å². The van der Waals surface area contributed by atoms with Crippen LogP contribution in [-0.4, -0.2) is 12.6 Å². The van der Waals surface area contributed by atoms with Crippen molar-refractivity contribution in [2.24, 2.45) is 5.41 Å². The van der Waals surface area contributed by atoms with Crippen LogP contribution < -0.4 is 0 Å². The summed E-state index contributed by atoms with van der Waals surface area (Å²) < 4.78 is 5.16. The fourth-order valence-electron chi connectivity index (χ4n) is 3.05. The van der Waals surface area contributed by atoms with Gasteiger partial charge in [0.05, 0.1) is 12.0 Å². The van der Waals surface area contributed by atoms with E-state index in [1.165, 1.54) is 0 Å². The van der Waals surface area contributed by atoms with Crippen LogP contribution in [0.2, 0.25) is 5.02 Å². The second-order valence-electron chi connectivity index (χ2n) is 7.65. The first kappa shape index (κ1) is 21.2. The highest BCUT2D eigenvalue weighted by Crippen LogP contribution is 2.32. The Balaban J connectivity index is 2.07. The summed E-state index contributed by atoms with van der Waals surface area (Å²) >= 11 is 6.60. The van der Waals surface area contributed by atoms with Gasteiger partial charge in [0.25, 0.3) is 0 Å². The first-order valence-corrected chi connectivity index (χ1v) is 9.80. The number of benzene rings is 2. The number of hydrogen-bond donors (Lipinski definition) is 0. The molecular weight excluding hydrogens is 356 g/mol. The average molecular weight is 385 g/mol. The molecule has 0 atom stereocenters. The molecule has 0 bridgehead atoms. The third-order valence-electron chi connectivity index (χ3n) is 4.88. The predicted molar refractivity (Wildman–Crippen MR) is 114 cm³/mol. The molecule has 2 aromatic carbocycles. The van der Waals surface area contributed by atoms with Crippen LogP contribution in [0.3, 0.4) is 0 Å². The molecule has 0 saturated heterocycles. The molecule has 0 radical (unpaired) electrons. The molecule has 0 aromatic heterocycles. The van der Waals surface area contributed by atoms with Crippen LogP contribution in [0.5, 0.6) is 0 Å². The molecule has 2 rings (SSSR count). The molecule has 0 aliphatic carbocycles. The summed E-state index contributed by atoms with van der Waals surface area (Å²) in [7, 11) is 0. The van der Waals surface area contributed by atoms with Crippen LogP contribution in [0.1, 0.15) is 44.7 Å². The Morgan fingerprint density at radius 2 is 1.81 bits per heavy atom.